The van der Waals surface area contributed by atoms with Crippen molar-refractivity contribution < 1.29 is 27.2 Å². The third-order valence-corrected chi connectivity index (χ3v) is 5.26. The number of carbonyl (C=O) groups excluding carboxylic acids is 1. The highest BCUT2D eigenvalue weighted by molar-refractivity contribution is 5.79. The van der Waals surface area contributed by atoms with Crippen LogP contribution in [0.3, 0.4) is 0 Å². The minimum absolute atomic E-state index is 0.000560. The molecule has 5 rings (SSSR count). The fourth-order valence-electron chi connectivity index (χ4n) is 3.64. The summed E-state index contributed by atoms with van der Waals surface area (Å²) in [6, 6.07) is 3.56. The number of urea groups is 1. The van der Waals surface area contributed by atoms with E-state index >= 15 is 0 Å². The van der Waals surface area contributed by atoms with Crippen LogP contribution in [-0.2, 0) is 0 Å². The first-order valence-corrected chi connectivity index (χ1v) is 9.76. The van der Waals surface area contributed by atoms with Gasteiger partial charge < -0.3 is 14.2 Å². The Hall–Kier alpha value is -3.89. The molecule has 0 bridgehead atoms. The van der Waals surface area contributed by atoms with Crippen LogP contribution in [0.25, 0.3) is 11.3 Å². The van der Waals surface area contributed by atoms with Gasteiger partial charge >= 0.3 is 6.03 Å². The van der Waals surface area contributed by atoms with Crippen LogP contribution < -0.4 is 4.74 Å². The molecule has 2 aliphatic rings. The van der Waals surface area contributed by atoms with E-state index in [1.165, 1.54) is 46.8 Å². The number of rotatable bonds is 4. The molecule has 1 unspecified atom stereocenters. The van der Waals surface area contributed by atoms with Crippen molar-refractivity contribution in [3.63, 3.8) is 0 Å². The van der Waals surface area contributed by atoms with Gasteiger partial charge in [0.1, 0.15) is 24.0 Å². The van der Waals surface area contributed by atoms with Crippen molar-refractivity contribution in [2.24, 2.45) is 5.10 Å². The van der Waals surface area contributed by atoms with E-state index in [0.29, 0.717) is 23.2 Å². The molecule has 4 heterocycles. The third kappa shape index (κ3) is 3.77. The zero-order valence-electron chi connectivity index (χ0n) is 16.5. The molecule has 0 spiro atoms. The topological polar surface area (TPSA) is 84.1 Å². The highest BCUT2D eigenvalue weighted by Gasteiger charge is 2.39. The molecule has 2 aromatic heterocycles. The number of hydrogen-bond donors (Lipinski definition) is 0. The van der Waals surface area contributed by atoms with E-state index in [-0.39, 0.29) is 18.8 Å². The van der Waals surface area contributed by atoms with Gasteiger partial charge in [0.15, 0.2) is 11.6 Å². The number of likely N-dealkylation sites (tertiary alicyclic amines) is 1. The molecule has 11 heteroatoms. The lowest BCUT2D eigenvalue weighted by Crippen LogP contribution is -2.58. The highest BCUT2D eigenvalue weighted by Crippen LogP contribution is 2.32. The van der Waals surface area contributed by atoms with Gasteiger partial charge in [0, 0.05) is 24.8 Å². The van der Waals surface area contributed by atoms with Crippen molar-refractivity contribution in [2.45, 2.75) is 18.6 Å². The van der Waals surface area contributed by atoms with Crippen LogP contribution in [0.5, 0.6) is 5.75 Å². The standard InChI is InChI=1S/C21H16F3N5O3/c22-14-3-12(4-15(23)5-14)19-1-2-26-29(19)21(30)28-9-16(10-28)32-20-6-18(25-8-17(20)24)13-7-27-31-11-13/h2-8,11,16,19H,1,9-10H2. The van der Waals surface area contributed by atoms with Crippen LogP contribution in [0.4, 0.5) is 18.0 Å². The normalized spacial score (nSPS) is 18.2. The molecule has 2 aliphatic heterocycles. The van der Waals surface area contributed by atoms with Gasteiger partial charge in [0.25, 0.3) is 0 Å². The van der Waals surface area contributed by atoms with E-state index in [9.17, 15) is 18.0 Å². The number of amides is 2. The molecule has 1 aromatic carbocycles. The average Bonchev–Trinajstić information content (AvgIpc) is 3.42. The number of carbonyl (C=O) groups is 1. The quantitative estimate of drug-likeness (QED) is 0.613. The van der Waals surface area contributed by atoms with Gasteiger partial charge in [-0.1, -0.05) is 5.16 Å². The van der Waals surface area contributed by atoms with Crippen molar-refractivity contribution in [1.82, 2.24) is 20.0 Å². The number of ether oxygens (including phenoxy) is 1. The van der Waals surface area contributed by atoms with Crippen LogP contribution >= 0.6 is 0 Å². The SMILES string of the molecule is O=C(N1CC(Oc2cc(-c3cnoc3)ncc2F)C1)N1N=CCC1c1cc(F)cc(F)c1. The fraction of sp³-hybridized carbons (Fsp3) is 0.238. The van der Waals surface area contributed by atoms with E-state index in [1.54, 1.807) is 0 Å². The summed E-state index contributed by atoms with van der Waals surface area (Å²) >= 11 is 0. The molecule has 32 heavy (non-hydrogen) atoms. The summed E-state index contributed by atoms with van der Waals surface area (Å²) in [4.78, 5) is 18.3. The maximum Gasteiger partial charge on any atom is 0.341 e. The Balaban J connectivity index is 1.23. The van der Waals surface area contributed by atoms with Crippen molar-refractivity contribution in [2.75, 3.05) is 13.1 Å². The van der Waals surface area contributed by atoms with Gasteiger partial charge in [-0.2, -0.15) is 5.10 Å². The van der Waals surface area contributed by atoms with Gasteiger partial charge in [-0.3, -0.25) is 4.98 Å². The molecule has 1 fully saturated rings. The van der Waals surface area contributed by atoms with Crippen LogP contribution in [0.1, 0.15) is 18.0 Å². The zero-order valence-corrected chi connectivity index (χ0v) is 16.5. The van der Waals surface area contributed by atoms with E-state index in [0.717, 1.165) is 12.3 Å². The predicted octanol–water partition coefficient (Wildman–Crippen LogP) is 3.77. The van der Waals surface area contributed by atoms with Gasteiger partial charge in [-0.15, -0.1) is 0 Å². The van der Waals surface area contributed by atoms with Gasteiger partial charge in [-0.05, 0) is 17.7 Å². The van der Waals surface area contributed by atoms with Crippen LogP contribution in [-0.4, -0.2) is 51.5 Å². The van der Waals surface area contributed by atoms with E-state index in [2.05, 4.69) is 15.2 Å². The molecule has 1 atom stereocenters. The van der Waals surface area contributed by atoms with Crippen LogP contribution in [0.2, 0.25) is 0 Å². The van der Waals surface area contributed by atoms with Gasteiger partial charge in [-0.25, -0.2) is 23.0 Å². The summed E-state index contributed by atoms with van der Waals surface area (Å²) in [5, 5.41) is 8.86. The van der Waals surface area contributed by atoms with E-state index < -0.39 is 35.6 Å². The summed E-state index contributed by atoms with van der Waals surface area (Å²) in [7, 11) is 0. The molecule has 0 saturated carbocycles. The second-order valence-electron chi connectivity index (χ2n) is 7.44. The second kappa shape index (κ2) is 7.98. The maximum atomic E-state index is 14.1. The van der Waals surface area contributed by atoms with Crippen LogP contribution in [0, 0.1) is 17.5 Å². The van der Waals surface area contributed by atoms with Gasteiger partial charge in [0.2, 0.25) is 0 Å². The molecule has 3 aromatic rings. The first-order chi connectivity index (χ1) is 15.5. The Morgan fingerprint density at radius 3 is 2.59 bits per heavy atom. The lowest BCUT2D eigenvalue weighted by molar-refractivity contribution is 0.0256. The second-order valence-corrected chi connectivity index (χ2v) is 7.44. The molecule has 164 valence electrons. The van der Waals surface area contributed by atoms with E-state index in [4.69, 9.17) is 9.26 Å². The molecule has 2 amide bonds. The Morgan fingerprint density at radius 1 is 1.09 bits per heavy atom. The summed E-state index contributed by atoms with van der Waals surface area (Å²) in [5.41, 5.74) is 1.33. The lowest BCUT2D eigenvalue weighted by Gasteiger charge is -2.41. The number of aromatic nitrogens is 2. The number of hydrogen-bond acceptors (Lipinski definition) is 6. The third-order valence-electron chi connectivity index (χ3n) is 5.26. The summed E-state index contributed by atoms with van der Waals surface area (Å²) in [5.74, 6) is -2.07. The number of pyridine rings is 1. The fourth-order valence-corrected chi connectivity index (χ4v) is 3.64. The minimum Gasteiger partial charge on any atom is -0.483 e. The summed E-state index contributed by atoms with van der Waals surface area (Å²) in [6.07, 6.45) is 5.31. The molecule has 0 aliphatic carbocycles. The van der Waals surface area contributed by atoms with Crippen molar-refractivity contribution in [3.05, 3.63) is 65.9 Å². The predicted molar refractivity (Wildman–Crippen MR) is 105 cm³/mol. The summed E-state index contributed by atoms with van der Waals surface area (Å²) < 4.78 is 51.8. The molecule has 1 saturated heterocycles. The Bertz CT molecular complexity index is 1160. The number of benzene rings is 1. The smallest absolute Gasteiger partial charge is 0.341 e. The Labute approximate surface area is 179 Å². The van der Waals surface area contributed by atoms with Crippen molar-refractivity contribution in [1.29, 1.82) is 0 Å². The monoisotopic (exact) mass is 443 g/mol. The Kier molecular flexibility index (Phi) is 5.00. The molecular formula is C21H16F3N5O3. The molecule has 8 nitrogen and oxygen atoms in total. The number of hydrazone groups is 1. The Morgan fingerprint density at radius 2 is 1.88 bits per heavy atom. The lowest BCUT2D eigenvalue weighted by atomic mass is 10.0. The van der Waals surface area contributed by atoms with Crippen molar-refractivity contribution >= 4 is 12.2 Å². The molecule has 0 radical (unpaired) electrons. The number of halogens is 3. The first kappa shape index (κ1) is 20.0. The van der Waals surface area contributed by atoms with Crippen molar-refractivity contribution in [3.8, 4) is 17.0 Å². The van der Waals surface area contributed by atoms with E-state index in [1.807, 2.05) is 0 Å². The first-order valence-electron chi connectivity index (χ1n) is 9.76. The van der Waals surface area contributed by atoms with Crippen LogP contribution in [0.15, 0.2) is 52.5 Å². The maximum absolute atomic E-state index is 14.1. The molecular weight excluding hydrogens is 427 g/mol. The highest BCUT2D eigenvalue weighted by atomic mass is 19.1. The molecule has 0 N–H and O–H groups in total. The number of nitrogens with zero attached hydrogens (tertiary/aromatic N) is 5. The summed E-state index contributed by atoms with van der Waals surface area (Å²) in [6.45, 7) is 0.416. The average molecular weight is 443 g/mol. The zero-order chi connectivity index (χ0) is 22.2. The van der Waals surface area contributed by atoms with Gasteiger partial charge in [0.05, 0.1) is 42.8 Å². The minimum atomic E-state index is -0.721. The largest absolute Gasteiger partial charge is 0.483 e.